The van der Waals surface area contributed by atoms with Crippen molar-refractivity contribution in [3.8, 4) is 0 Å². The lowest BCUT2D eigenvalue weighted by Crippen LogP contribution is -2.11. The Balaban J connectivity index is 1.85. The number of hydrogen-bond donors (Lipinski definition) is 0. The van der Waals surface area contributed by atoms with Crippen molar-refractivity contribution in [1.82, 2.24) is 0 Å². The smallest absolute Gasteiger partial charge is 0.146 e. The van der Waals surface area contributed by atoms with Crippen LogP contribution in [0.3, 0.4) is 0 Å². The lowest BCUT2D eigenvalue weighted by atomic mass is 9.98. The van der Waals surface area contributed by atoms with Crippen LogP contribution < -0.4 is 0 Å². The second-order valence-corrected chi connectivity index (χ2v) is 4.73. The van der Waals surface area contributed by atoms with Gasteiger partial charge >= 0.3 is 0 Å². The van der Waals surface area contributed by atoms with Gasteiger partial charge in [-0.3, -0.25) is 4.79 Å². The van der Waals surface area contributed by atoms with Crippen molar-refractivity contribution < 1.29 is 4.79 Å². The summed E-state index contributed by atoms with van der Waals surface area (Å²) >= 11 is 1.78. The highest BCUT2D eigenvalue weighted by atomic mass is 32.2. The zero-order chi connectivity index (χ0) is 9.80. The first-order chi connectivity index (χ1) is 6.86. The molecule has 1 unspecified atom stereocenters. The largest absolute Gasteiger partial charge is 0.298 e. The summed E-state index contributed by atoms with van der Waals surface area (Å²) in [4.78, 5) is 11.4. The number of carbonyl (C=O) groups excluding carboxylic acids is 1. The number of Topliss-reactive ketones (excluding diaryl/α,β-unsaturated/α-hetero) is 1. The highest BCUT2D eigenvalue weighted by molar-refractivity contribution is 8.00. The van der Waals surface area contributed by atoms with Crippen LogP contribution in [0.5, 0.6) is 0 Å². The molecule has 1 aromatic rings. The average molecular weight is 206 g/mol. The van der Waals surface area contributed by atoms with Gasteiger partial charge in [0.2, 0.25) is 0 Å². The van der Waals surface area contributed by atoms with Crippen molar-refractivity contribution in [1.29, 1.82) is 0 Å². The first-order valence-corrected chi connectivity index (χ1v) is 6.16. The van der Waals surface area contributed by atoms with E-state index in [1.165, 1.54) is 5.56 Å². The molecule has 0 N–H and O–H groups in total. The predicted octanol–water partition coefficient (Wildman–Crippen LogP) is 2.55. The Hall–Kier alpha value is -0.760. The summed E-state index contributed by atoms with van der Waals surface area (Å²) in [6.45, 7) is 0. The van der Waals surface area contributed by atoms with E-state index in [-0.39, 0.29) is 0 Å². The second kappa shape index (κ2) is 4.65. The number of ketones is 1. The van der Waals surface area contributed by atoms with Gasteiger partial charge in [0.25, 0.3) is 0 Å². The van der Waals surface area contributed by atoms with E-state index in [2.05, 4.69) is 24.3 Å². The molecule has 1 fully saturated rings. The molecule has 1 nitrogen and oxygen atoms in total. The molecular formula is C12H14OS. The number of thioether (sulfide) groups is 1. The first kappa shape index (κ1) is 9.78. The molecule has 1 atom stereocenters. The molecule has 0 aliphatic carbocycles. The van der Waals surface area contributed by atoms with E-state index in [1.54, 1.807) is 11.8 Å². The lowest BCUT2D eigenvalue weighted by Gasteiger charge is -2.06. The fourth-order valence-electron chi connectivity index (χ4n) is 1.74. The maximum atomic E-state index is 11.4. The SMILES string of the molecule is O=C1CSCC1CCc1ccccc1. The van der Waals surface area contributed by atoms with E-state index in [4.69, 9.17) is 0 Å². The number of rotatable bonds is 3. The molecule has 1 saturated heterocycles. The van der Waals surface area contributed by atoms with Crippen molar-refractivity contribution in [2.24, 2.45) is 5.92 Å². The molecule has 1 aliphatic heterocycles. The minimum Gasteiger partial charge on any atom is -0.298 e. The Bertz CT molecular complexity index is 307. The zero-order valence-electron chi connectivity index (χ0n) is 8.11. The van der Waals surface area contributed by atoms with Gasteiger partial charge in [-0.25, -0.2) is 0 Å². The van der Waals surface area contributed by atoms with Gasteiger partial charge in [-0.1, -0.05) is 30.3 Å². The maximum absolute atomic E-state index is 11.4. The van der Waals surface area contributed by atoms with Gasteiger partial charge in [-0.2, -0.15) is 11.8 Å². The maximum Gasteiger partial charge on any atom is 0.146 e. The summed E-state index contributed by atoms with van der Waals surface area (Å²) in [5, 5.41) is 0. The van der Waals surface area contributed by atoms with E-state index >= 15 is 0 Å². The second-order valence-electron chi connectivity index (χ2n) is 3.70. The summed E-state index contributed by atoms with van der Waals surface area (Å²) in [5.41, 5.74) is 1.34. The molecule has 2 rings (SSSR count). The van der Waals surface area contributed by atoms with Crippen molar-refractivity contribution in [3.05, 3.63) is 35.9 Å². The average Bonchev–Trinajstić information content (AvgIpc) is 2.63. The Morgan fingerprint density at radius 1 is 1.29 bits per heavy atom. The third-order valence-electron chi connectivity index (χ3n) is 2.64. The molecular weight excluding hydrogens is 192 g/mol. The summed E-state index contributed by atoms with van der Waals surface area (Å²) in [5.74, 6) is 2.54. The Labute approximate surface area is 88.9 Å². The van der Waals surface area contributed by atoms with Crippen LogP contribution >= 0.6 is 11.8 Å². The Morgan fingerprint density at radius 3 is 2.71 bits per heavy atom. The third-order valence-corrected chi connectivity index (χ3v) is 3.77. The zero-order valence-corrected chi connectivity index (χ0v) is 8.93. The van der Waals surface area contributed by atoms with E-state index in [1.807, 2.05) is 6.07 Å². The van der Waals surface area contributed by atoms with E-state index in [0.717, 1.165) is 24.3 Å². The van der Waals surface area contributed by atoms with Crippen molar-refractivity contribution in [3.63, 3.8) is 0 Å². The van der Waals surface area contributed by atoms with Crippen LogP contribution in [0.25, 0.3) is 0 Å². The minimum atomic E-state index is 0.320. The van der Waals surface area contributed by atoms with Gasteiger partial charge in [-0.05, 0) is 18.4 Å². The Kier molecular flexibility index (Phi) is 3.25. The van der Waals surface area contributed by atoms with Gasteiger partial charge in [-0.15, -0.1) is 0 Å². The number of carbonyl (C=O) groups is 1. The van der Waals surface area contributed by atoms with Crippen LogP contribution in [0.1, 0.15) is 12.0 Å². The monoisotopic (exact) mass is 206 g/mol. The van der Waals surface area contributed by atoms with E-state index in [0.29, 0.717) is 11.7 Å². The summed E-state index contributed by atoms with van der Waals surface area (Å²) in [6.07, 6.45) is 2.06. The molecule has 0 spiro atoms. The van der Waals surface area contributed by atoms with Crippen LogP contribution in [0, 0.1) is 5.92 Å². The highest BCUT2D eigenvalue weighted by Gasteiger charge is 2.24. The number of aryl methyl sites for hydroxylation is 1. The number of benzene rings is 1. The van der Waals surface area contributed by atoms with Crippen molar-refractivity contribution in [2.75, 3.05) is 11.5 Å². The van der Waals surface area contributed by atoms with E-state index in [9.17, 15) is 4.79 Å². The van der Waals surface area contributed by atoms with Gasteiger partial charge in [0.15, 0.2) is 0 Å². The van der Waals surface area contributed by atoms with Crippen LogP contribution in [-0.2, 0) is 11.2 Å². The number of hydrogen-bond acceptors (Lipinski definition) is 2. The molecule has 0 radical (unpaired) electrons. The molecule has 1 aromatic carbocycles. The molecule has 1 aliphatic rings. The van der Waals surface area contributed by atoms with Crippen LogP contribution in [0.4, 0.5) is 0 Å². The summed E-state index contributed by atoms with van der Waals surface area (Å²) in [6, 6.07) is 10.4. The third kappa shape index (κ3) is 2.38. The van der Waals surface area contributed by atoms with Crippen molar-refractivity contribution >= 4 is 17.5 Å². The minimum absolute atomic E-state index is 0.320. The Morgan fingerprint density at radius 2 is 2.07 bits per heavy atom. The molecule has 14 heavy (non-hydrogen) atoms. The molecule has 0 amide bonds. The first-order valence-electron chi connectivity index (χ1n) is 5.00. The molecule has 1 heterocycles. The van der Waals surface area contributed by atoms with Crippen molar-refractivity contribution in [2.45, 2.75) is 12.8 Å². The molecule has 2 heteroatoms. The van der Waals surface area contributed by atoms with Crippen LogP contribution in [0.15, 0.2) is 30.3 Å². The molecule has 0 bridgehead atoms. The quantitative estimate of drug-likeness (QED) is 0.756. The topological polar surface area (TPSA) is 17.1 Å². The van der Waals surface area contributed by atoms with Gasteiger partial charge in [0.1, 0.15) is 5.78 Å². The normalized spacial score (nSPS) is 21.4. The van der Waals surface area contributed by atoms with Gasteiger partial charge in [0.05, 0.1) is 5.75 Å². The highest BCUT2D eigenvalue weighted by Crippen LogP contribution is 2.24. The summed E-state index contributed by atoms with van der Waals surface area (Å²) in [7, 11) is 0. The standard InChI is InChI=1S/C12H14OS/c13-12-9-14-8-11(12)7-6-10-4-2-1-3-5-10/h1-5,11H,6-9H2. The molecule has 0 aromatic heterocycles. The van der Waals surface area contributed by atoms with Crippen LogP contribution in [-0.4, -0.2) is 17.3 Å². The fraction of sp³-hybridized carbons (Fsp3) is 0.417. The van der Waals surface area contributed by atoms with E-state index < -0.39 is 0 Å². The fourth-order valence-corrected chi connectivity index (χ4v) is 2.93. The molecule has 0 saturated carbocycles. The molecule has 74 valence electrons. The lowest BCUT2D eigenvalue weighted by molar-refractivity contribution is -0.119. The van der Waals surface area contributed by atoms with Crippen LogP contribution in [0.2, 0.25) is 0 Å². The van der Waals surface area contributed by atoms with Gasteiger partial charge < -0.3 is 0 Å². The summed E-state index contributed by atoms with van der Waals surface area (Å²) < 4.78 is 0. The van der Waals surface area contributed by atoms with Gasteiger partial charge in [0, 0.05) is 11.7 Å². The predicted molar refractivity (Wildman–Crippen MR) is 60.6 cm³/mol.